The molecule has 34 heavy (non-hydrogen) atoms. The molecule has 0 unspecified atom stereocenters. The van der Waals surface area contributed by atoms with Gasteiger partial charge in [-0.2, -0.15) is 0 Å². The molecule has 0 bridgehead atoms. The number of carbonyl (C=O) groups excluding carboxylic acids is 1. The number of amides is 1. The van der Waals surface area contributed by atoms with Gasteiger partial charge in [-0.15, -0.1) is 11.3 Å². The van der Waals surface area contributed by atoms with Crippen molar-refractivity contribution in [2.75, 3.05) is 0 Å². The van der Waals surface area contributed by atoms with Crippen molar-refractivity contribution in [3.8, 4) is 11.5 Å². The number of aryl methyl sites for hydroxylation is 2. The Morgan fingerprint density at radius 3 is 2.26 bits per heavy atom. The fourth-order valence-electron chi connectivity index (χ4n) is 5.58. The first-order valence-corrected chi connectivity index (χ1v) is 12.6. The lowest BCUT2D eigenvalue weighted by atomic mass is 9.50. The van der Waals surface area contributed by atoms with Crippen LogP contribution >= 0.6 is 11.3 Å². The summed E-state index contributed by atoms with van der Waals surface area (Å²) in [5, 5.41) is 12.4. The molecule has 176 valence electrons. The SMILES string of the molecule is Cc1sc(C)c(C(=O)NC2CC3(C2)CC(C(=O)O)C3)c1Cc1ccc(Oc2ccccc2)cc1. The number of ether oxygens (including phenoxy) is 1. The van der Waals surface area contributed by atoms with Gasteiger partial charge in [0.25, 0.3) is 5.91 Å². The second-order valence-corrected chi connectivity index (χ2v) is 11.3. The smallest absolute Gasteiger partial charge is 0.306 e. The van der Waals surface area contributed by atoms with E-state index < -0.39 is 5.97 Å². The molecule has 2 aliphatic rings. The minimum atomic E-state index is -0.688. The van der Waals surface area contributed by atoms with Gasteiger partial charge < -0.3 is 15.2 Å². The van der Waals surface area contributed by atoms with Crippen molar-refractivity contribution in [1.82, 2.24) is 5.32 Å². The van der Waals surface area contributed by atoms with Gasteiger partial charge in [0.15, 0.2) is 0 Å². The number of benzene rings is 2. The Balaban J connectivity index is 1.23. The molecule has 5 rings (SSSR count). The zero-order chi connectivity index (χ0) is 23.9. The summed E-state index contributed by atoms with van der Waals surface area (Å²) in [5.74, 6) is 0.693. The third-order valence-electron chi connectivity index (χ3n) is 7.30. The Morgan fingerprint density at radius 2 is 1.62 bits per heavy atom. The number of carboxylic acid groups (broad SMARTS) is 1. The highest BCUT2D eigenvalue weighted by molar-refractivity contribution is 7.12. The third kappa shape index (κ3) is 4.47. The van der Waals surface area contributed by atoms with E-state index in [-0.39, 0.29) is 23.3 Å². The van der Waals surface area contributed by atoms with Crippen molar-refractivity contribution in [3.05, 3.63) is 81.0 Å². The van der Waals surface area contributed by atoms with Crippen molar-refractivity contribution < 1.29 is 19.4 Å². The molecular weight excluding hydrogens is 446 g/mol. The van der Waals surface area contributed by atoms with Crippen LogP contribution in [-0.4, -0.2) is 23.0 Å². The predicted molar refractivity (Wildman–Crippen MR) is 133 cm³/mol. The molecule has 0 saturated heterocycles. The van der Waals surface area contributed by atoms with Crippen LogP contribution in [0.5, 0.6) is 11.5 Å². The molecule has 5 nitrogen and oxygen atoms in total. The molecule has 2 saturated carbocycles. The molecule has 2 fully saturated rings. The second-order valence-electron chi connectivity index (χ2n) is 9.83. The van der Waals surface area contributed by atoms with Gasteiger partial charge in [0.1, 0.15) is 11.5 Å². The van der Waals surface area contributed by atoms with E-state index in [1.54, 1.807) is 11.3 Å². The molecule has 2 aliphatic carbocycles. The second kappa shape index (κ2) is 8.91. The maximum Gasteiger partial charge on any atom is 0.306 e. The first-order valence-electron chi connectivity index (χ1n) is 11.8. The summed E-state index contributed by atoms with van der Waals surface area (Å²) in [7, 11) is 0. The summed E-state index contributed by atoms with van der Waals surface area (Å²) >= 11 is 1.67. The number of hydrogen-bond acceptors (Lipinski definition) is 4. The highest BCUT2D eigenvalue weighted by Crippen LogP contribution is 2.58. The van der Waals surface area contributed by atoms with Gasteiger partial charge in [-0.25, -0.2) is 0 Å². The van der Waals surface area contributed by atoms with Crippen molar-refractivity contribution in [2.45, 2.75) is 52.0 Å². The van der Waals surface area contributed by atoms with Crippen molar-refractivity contribution >= 4 is 23.2 Å². The first-order chi connectivity index (χ1) is 16.3. The lowest BCUT2D eigenvalue weighted by molar-refractivity contribution is -0.155. The Kier molecular flexibility index (Phi) is 5.94. The summed E-state index contributed by atoms with van der Waals surface area (Å²) in [5.41, 5.74) is 3.16. The Hall–Kier alpha value is -3.12. The molecule has 2 aromatic carbocycles. The predicted octanol–water partition coefficient (Wildman–Crippen LogP) is 6.12. The van der Waals surface area contributed by atoms with E-state index >= 15 is 0 Å². The van der Waals surface area contributed by atoms with Gasteiger partial charge in [0.2, 0.25) is 0 Å². The molecule has 6 heteroatoms. The van der Waals surface area contributed by atoms with Crippen LogP contribution in [0.1, 0.15) is 56.9 Å². The summed E-state index contributed by atoms with van der Waals surface area (Å²) < 4.78 is 5.89. The molecule has 1 spiro atoms. The number of para-hydroxylation sites is 1. The molecule has 0 radical (unpaired) electrons. The maximum atomic E-state index is 13.2. The molecule has 2 N–H and O–H groups in total. The molecule has 1 heterocycles. The van der Waals surface area contributed by atoms with Gasteiger partial charge >= 0.3 is 5.97 Å². The monoisotopic (exact) mass is 475 g/mol. The van der Waals surface area contributed by atoms with Gasteiger partial charge in [0, 0.05) is 15.8 Å². The normalized spacial score (nSPS) is 23.1. The Bertz CT molecular complexity index is 1200. The number of rotatable bonds is 7. The van der Waals surface area contributed by atoms with Crippen LogP contribution < -0.4 is 10.1 Å². The minimum Gasteiger partial charge on any atom is -0.481 e. The van der Waals surface area contributed by atoms with Gasteiger partial charge in [-0.1, -0.05) is 30.3 Å². The quantitative estimate of drug-likeness (QED) is 0.432. The van der Waals surface area contributed by atoms with Gasteiger partial charge in [0.05, 0.1) is 11.5 Å². The lowest BCUT2D eigenvalue weighted by Crippen LogP contribution is -2.57. The fraction of sp³-hybridized carbons (Fsp3) is 0.357. The van der Waals surface area contributed by atoms with Crippen LogP contribution in [0.25, 0.3) is 0 Å². The number of carboxylic acids is 1. The average molecular weight is 476 g/mol. The van der Waals surface area contributed by atoms with Crippen LogP contribution in [0.3, 0.4) is 0 Å². The topological polar surface area (TPSA) is 75.6 Å². The van der Waals surface area contributed by atoms with Crippen LogP contribution in [0, 0.1) is 25.2 Å². The Morgan fingerprint density at radius 1 is 0.971 bits per heavy atom. The summed E-state index contributed by atoms with van der Waals surface area (Å²) in [4.78, 5) is 26.5. The van der Waals surface area contributed by atoms with Crippen molar-refractivity contribution in [1.29, 1.82) is 0 Å². The van der Waals surface area contributed by atoms with Crippen LogP contribution in [0.15, 0.2) is 54.6 Å². The highest BCUT2D eigenvalue weighted by Gasteiger charge is 2.55. The molecule has 1 amide bonds. The zero-order valence-electron chi connectivity index (χ0n) is 19.5. The third-order valence-corrected chi connectivity index (χ3v) is 8.36. The molecule has 0 atom stereocenters. The number of aliphatic carboxylic acids is 1. The highest BCUT2D eigenvalue weighted by atomic mass is 32.1. The van der Waals surface area contributed by atoms with E-state index in [0.717, 1.165) is 58.7 Å². The Labute approximate surface area is 203 Å². The first kappa shape index (κ1) is 22.7. The van der Waals surface area contributed by atoms with Crippen LogP contribution in [-0.2, 0) is 11.2 Å². The maximum absolute atomic E-state index is 13.2. The summed E-state index contributed by atoms with van der Waals surface area (Å²) in [6.07, 6.45) is 3.98. The van der Waals surface area contributed by atoms with E-state index in [1.807, 2.05) is 49.4 Å². The van der Waals surface area contributed by atoms with Crippen LogP contribution in [0.4, 0.5) is 0 Å². The average Bonchev–Trinajstić information content (AvgIpc) is 3.03. The van der Waals surface area contributed by atoms with E-state index in [4.69, 9.17) is 9.84 Å². The standard InChI is InChI=1S/C28H29NO4S/c1-17-24(12-19-8-10-23(11-9-19)33-22-6-4-3-5-7-22)25(18(2)34-17)26(30)29-21-15-28(16-21)13-20(14-28)27(31)32/h3-11,20-21H,12-16H2,1-2H3,(H,29,30)(H,31,32). The molecule has 0 aliphatic heterocycles. The minimum absolute atomic E-state index is 0.00478. The van der Waals surface area contributed by atoms with Crippen molar-refractivity contribution in [3.63, 3.8) is 0 Å². The van der Waals surface area contributed by atoms with Crippen LogP contribution in [0.2, 0.25) is 0 Å². The molecule has 1 aromatic heterocycles. The summed E-state index contributed by atoms with van der Waals surface area (Å²) in [6.45, 7) is 4.09. The zero-order valence-corrected chi connectivity index (χ0v) is 20.3. The van der Waals surface area contributed by atoms with E-state index in [9.17, 15) is 9.59 Å². The number of hydrogen-bond donors (Lipinski definition) is 2. The largest absolute Gasteiger partial charge is 0.481 e. The van der Waals surface area contributed by atoms with Gasteiger partial charge in [-0.3, -0.25) is 9.59 Å². The van der Waals surface area contributed by atoms with E-state index in [2.05, 4.69) is 24.4 Å². The molecular formula is C28H29NO4S. The van der Waals surface area contributed by atoms with Crippen molar-refractivity contribution in [2.24, 2.45) is 11.3 Å². The number of thiophene rings is 1. The fourth-order valence-corrected chi connectivity index (χ4v) is 6.66. The van der Waals surface area contributed by atoms with E-state index in [1.165, 1.54) is 4.88 Å². The number of carbonyl (C=O) groups is 2. The van der Waals surface area contributed by atoms with Gasteiger partial charge in [-0.05, 0) is 86.8 Å². The summed E-state index contributed by atoms with van der Waals surface area (Å²) in [6, 6.07) is 17.9. The lowest BCUT2D eigenvalue weighted by Gasteiger charge is -2.56. The van der Waals surface area contributed by atoms with E-state index in [0.29, 0.717) is 6.42 Å². The molecule has 3 aromatic rings. The number of nitrogens with one attached hydrogen (secondary N) is 1.